The molecule has 0 bridgehead atoms. The second-order valence-electron chi connectivity index (χ2n) is 7.49. The molecule has 0 N–H and O–H groups in total. The SMILES string of the molecule is COc1ccc(-c2nnc3n2C(C)(C)Cc2cc(C)c(C)cc2-3)cc1. The molecular formula is C21H23N3O. The van der Waals surface area contributed by atoms with E-state index in [1.807, 2.05) is 24.3 Å². The van der Waals surface area contributed by atoms with Crippen molar-refractivity contribution in [3.63, 3.8) is 0 Å². The highest BCUT2D eigenvalue weighted by Crippen LogP contribution is 2.41. The minimum atomic E-state index is -0.0806. The number of ether oxygens (including phenoxy) is 1. The summed E-state index contributed by atoms with van der Waals surface area (Å²) in [4.78, 5) is 0. The molecule has 1 aliphatic heterocycles. The number of aryl methyl sites for hydroxylation is 2. The van der Waals surface area contributed by atoms with Crippen LogP contribution in [0.3, 0.4) is 0 Å². The minimum Gasteiger partial charge on any atom is -0.497 e. The van der Waals surface area contributed by atoms with Gasteiger partial charge in [-0.25, -0.2) is 0 Å². The Labute approximate surface area is 148 Å². The molecule has 25 heavy (non-hydrogen) atoms. The van der Waals surface area contributed by atoms with Crippen LogP contribution in [-0.2, 0) is 12.0 Å². The van der Waals surface area contributed by atoms with E-state index in [-0.39, 0.29) is 5.54 Å². The van der Waals surface area contributed by atoms with Gasteiger partial charge in [0.1, 0.15) is 5.75 Å². The standard InChI is InChI=1S/C21H23N3O/c1-13-10-16-12-21(3,4)24-19(15-6-8-17(25-5)9-7-15)22-23-20(24)18(16)11-14(13)2/h6-11H,12H2,1-5H3. The lowest BCUT2D eigenvalue weighted by molar-refractivity contribution is 0.351. The number of rotatable bonds is 2. The van der Waals surface area contributed by atoms with Gasteiger partial charge in [-0.3, -0.25) is 0 Å². The Hall–Kier alpha value is -2.62. The summed E-state index contributed by atoms with van der Waals surface area (Å²) >= 11 is 0. The average Bonchev–Trinajstić information content (AvgIpc) is 3.03. The molecule has 3 aromatic rings. The summed E-state index contributed by atoms with van der Waals surface area (Å²) in [5.74, 6) is 2.71. The highest BCUT2D eigenvalue weighted by Gasteiger charge is 2.34. The molecule has 0 saturated carbocycles. The number of aromatic nitrogens is 3. The van der Waals surface area contributed by atoms with Crippen molar-refractivity contribution in [2.24, 2.45) is 0 Å². The van der Waals surface area contributed by atoms with Crippen molar-refractivity contribution in [3.05, 3.63) is 53.1 Å². The molecule has 0 amide bonds. The Balaban J connectivity index is 1.92. The van der Waals surface area contributed by atoms with Crippen molar-refractivity contribution < 1.29 is 4.74 Å². The number of hydrogen-bond donors (Lipinski definition) is 0. The molecule has 4 nitrogen and oxygen atoms in total. The first-order valence-electron chi connectivity index (χ1n) is 8.61. The fourth-order valence-electron chi connectivity index (χ4n) is 3.73. The lowest BCUT2D eigenvalue weighted by Crippen LogP contribution is -2.34. The van der Waals surface area contributed by atoms with Gasteiger partial charge in [0.25, 0.3) is 0 Å². The van der Waals surface area contributed by atoms with E-state index >= 15 is 0 Å². The number of hydrogen-bond acceptors (Lipinski definition) is 3. The Bertz CT molecular complexity index is 952. The van der Waals surface area contributed by atoms with Crippen LogP contribution in [0.15, 0.2) is 36.4 Å². The lowest BCUT2D eigenvalue weighted by atomic mass is 9.85. The highest BCUT2D eigenvalue weighted by atomic mass is 16.5. The lowest BCUT2D eigenvalue weighted by Gasteiger charge is -2.35. The predicted octanol–water partition coefficient (Wildman–Crippen LogP) is 4.53. The Kier molecular flexibility index (Phi) is 3.46. The van der Waals surface area contributed by atoms with E-state index in [0.717, 1.165) is 29.4 Å². The van der Waals surface area contributed by atoms with E-state index < -0.39 is 0 Å². The van der Waals surface area contributed by atoms with Crippen LogP contribution in [0.4, 0.5) is 0 Å². The molecule has 2 heterocycles. The van der Waals surface area contributed by atoms with Crippen molar-refractivity contribution in [3.8, 4) is 28.5 Å². The van der Waals surface area contributed by atoms with Gasteiger partial charge in [-0.05, 0) is 81.1 Å². The molecule has 0 atom stereocenters. The van der Waals surface area contributed by atoms with E-state index in [1.165, 1.54) is 22.3 Å². The zero-order valence-electron chi connectivity index (χ0n) is 15.4. The molecule has 0 radical (unpaired) electrons. The first kappa shape index (κ1) is 15.9. The quantitative estimate of drug-likeness (QED) is 0.692. The Morgan fingerprint density at radius 3 is 2.28 bits per heavy atom. The molecule has 1 aliphatic rings. The summed E-state index contributed by atoms with van der Waals surface area (Å²) in [5, 5.41) is 9.11. The van der Waals surface area contributed by atoms with E-state index in [9.17, 15) is 0 Å². The second-order valence-corrected chi connectivity index (χ2v) is 7.49. The fourth-order valence-corrected chi connectivity index (χ4v) is 3.73. The minimum absolute atomic E-state index is 0.0806. The van der Waals surface area contributed by atoms with Gasteiger partial charge in [-0.2, -0.15) is 0 Å². The topological polar surface area (TPSA) is 39.9 Å². The fraction of sp³-hybridized carbons (Fsp3) is 0.333. The summed E-state index contributed by atoms with van der Waals surface area (Å²) in [6, 6.07) is 12.6. The van der Waals surface area contributed by atoms with E-state index in [4.69, 9.17) is 4.74 Å². The molecule has 128 valence electrons. The van der Waals surface area contributed by atoms with Crippen LogP contribution in [0, 0.1) is 13.8 Å². The van der Waals surface area contributed by atoms with Gasteiger partial charge in [-0.1, -0.05) is 6.07 Å². The zero-order chi connectivity index (χ0) is 17.8. The van der Waals surface area contributed by atoms with Crippen LogP contribution in [0.25, 0.3) is 22.8 Å². The third-order valence-corrected chi connectivity index (χ3v) is 5.20. The molecule has 4 rings (SSSR count). The van der Waals surface area contributed by atoms with Crippen molar-refractivity contribution in [2.75, 3.05) is 7.11 Å². The summed E-state index contributed by atoms with van der Waals surface area (Å²) in [7, 11) is 1.68. The van der Waals surface area contributed by atoms with Crippen molar-refractivity contribution in [1.82, 2.24) is 14.8 Å². The normalized spacial score (nSPS) is 14.8. The van der Waals surface area contributed by atoms with E-state index in [2.05, 4.69) is 54.6 Å². The third kappa shape index (κ3) is 2.44. The van der Waals surface area contributed by atoms with Crippen LogP contribution in [0.5, 0.6) is 5.75 Å². The highest BCUT2D eigenvalue weighted by molar-refractivity contribution is 5.69. The summed E-state index contributed by atoms with van der Waals surface area (Å²) in [5.41, 5.74) is 6.16. The second kappa shape index (κ2) is 5.45. The number of nitrogens with zero attached hydrogens (tertiary/aromatic N) is 3. The molecule has 0 spiro atoms. The predicted molar refractivity (Wildman–Crippen MR) is 99.9 cm³/mol. The van der Waals surface area contributed by atoms with E-state index in [0.29, 0.717) is 0 Å². The van der Waals surface area contributed by atoms with Crippen LogP contribution in [-0.4, -0.2) is 21.9 Å². The van der Waals surface area contributed by atoms with Gasteiger partial charge in [0.2, 0.25) is 0 Å². The van der Waals surface area contributed by atoms with Gasteiger partial charge >= 0.3 is 0 Å². The first-order valence-corrected chi connectivity index (χ1v) is 8.61. The Morgan fingerprint density at radius 2 is 1.60 bits per heavy atom. The number of methoxy groups -OCH3 is 1. The molecule has 0 saturated heterocycles. The van der Waals surface area contributed by atoms with E-state index in [1.54, 1.807) is 7.11 Å². The summed E-state index contributed by atoms with van der Waals surface area (Å²) < 4.78 is 7.55. The molecular weight excluding hydrogens is 310 g/mol. The molecule has 1 aromatic heterocycles. The van der Waals surface area contributed by atoms with Crippen LogP contribution in [0.2, 0.25) is 0 Å². The molecule has 0 aliphatic carbocycles. The summed E-state index contributed by atoms with van der Waals surface area (Å²) in [6.45, 7) is 8.83. The van der Waals surface area contributed by atoms with Crippen molar-refractivity contribution >= 4 is 0 Å². The van der Waals surface area contributed by atoms with Gasteiger partial charge in [0.15, 0.2) is 11.6 Å². The smallest absolute Gasteiger partial charge is 0.165 e. The van der Waals surface area contributed by atoms with Gasteiger partial charge in [-0.15, -0.1) is 10.2 Å². The Morgan fingerprint density at radius 1 is 0.960 bits per heavy atom. The molecule has 0 fully saturated rings. The van der Waals surface area contributed by atoms with Crippen LogP contribution < -0.4 is 4.74 Å². The summed E-state index contributed by atoms with van der Waals surface area (Å²) in [6.07, 6.45) is 0.970. The maximum atomic E-state index is 5.27. The first-order chi connectivity index (χ1) is 11.9. The van der Waals surface area contributed by atoms with Gasteiger partial charge < -0.3 is 9.30 Å². The molecule has 0 unspecified atom stereocenters. The molecule has 4 heteroatoms. The van der Waals surface area contributed by atoms with Crippen LogP contribution in [0.1, 0.15) is 30.5 Å². The maximum Gasteiger partial charge on any atom is 0.165 e. The largest absolute Gasteiger partial charge is 0.497 e. The monoisotopic (exact) mass is 333 g/mol. The van der Waals surface area contributed by atoms with Crippen molar-refractivity contribution in [2.45, 2.75) is 39.7 Å². The average molecular weight is 333 g/mol. The van der Waals surface area contributed by atoms with Crippen LogP contribution >= 0.6 is 0 Å². The van der Waals surface area contributed by atoms with Gasteiger partial charge in [0.05, 0.1) is 7.11 Å². The number of benzene rings is 2. The van der Waals surface area contributed by atoms with Gasteiger partial charge in [0, 0.05) is 16.7 Å². The number of fused-ring (bicyclic) bond motifs is 3. The van der Waals surface area contributed by atoms with Crippen molar-refractivity contribution in [1.29, 1.82) is 0 Å². The molecule has 2 aromatic carbocycles. The third-order valence-electron chi connectivity index (χ3n) is 5.20. The zero-order valence-corrected chi connectivity index (χ0v) is 15.4. The maximum absolute atomic E-state index is 5.27.